The molecule has 0 saturated carbocycles. The highest BCUT2D eigenvalue weighted by molar-refractivity contribution is 6.31. The molecule has 3 rings (SSSR count). The number of halogens is 2. The van der Waals surface area contributed by atoms with Crippen molar-refractivity contribution in [3.8, 4) is 0 Å². The van der Waals surface area contributed by atoms with E-state index in [0.29, 0.717) is 17.3 Å². The normalized spacial score (nSPS) is 11.1. The van der Waals surface area contributed by atoms with Crippen molar-refractivity contribution in [3.05, 3.63) is 65.1 Å². The topological polar surface area (TPSA) is 30.9 Å². The van der Waals surface area contributed by atoms with E-state index < -0.39 is 0 Å². The summed E-state index contributed by atoms with van der Waals surface area (Å²) in [5.74, 6) is -0.240. The lowest BCUT2D eigenvalue weighted by Gasteiger charge is -2.08. The summed E-state index contributed by atoms with van der Waals surface area (Å²) in [7, 11) is 0. The van der Waals surface area contributed by atoms with Gasteiger partial charge < -0.3 is 10.3 Å². The first-order valence-corrected chi connectivity index (χ1v) is 6.29. The molecule has 3 aromatic rings. The minimum absolute atomic E-state index is 0.240. The number of fused-ring (bicyclic) bond motifs is 1. The van der Waals surface area contributed by atoms with Crippen LogP contribution in [0.3, 0.4) is 0 Å². The Balaban J connectivity index is 2.03. The first kappa shape index (κ1) is 12.1. The average molecular weight is 275 g/mol. The highest BCUT2D eigenvalue weighted by Crippen LogP contribution is 2.23. The molecule has 2 nitrogen and oxygen atoms in total. The third-order valence-electron chi connectivity index (χ3n) is 3.15. The summed E-state index contributed by atoms with van der Waals surface area (Å²) in [5, 5.41) is 1.63. The first-order chi connectivity index (χ1) is 9.13. The number of rotatable bonds is 2. The van der Waals surface area contributed by atoms with Crippen LogP contribution in [-0.2, 0) is 6.54 Å². The van der Waals surface area contributed by atoms with Crippen molar-refractivity contribution in [1.29, 1.82) is 0 Å². The Labute approximate surface area is 115 Å². The summed E-state index contributed by atoms with van der Waals surface area (Å²) in [5.41, 5.74) is 8.12. The molecule has 0 radical (unpaired) electrons. The van der Waals surface area contributed by atoms with Gasteiger partial charge in [-0.1, -0.05) is 17.7 Å². The summed E-state index contributed by atoms with van der Waals surface area (Å²) < 4.78 is 15.3. The predicted octanol–water partition coefficient (Wildman–Crippen LogP) is 4.06. The highest BCUT2D eigenvalue weighted by Gasteiger charge is 2.06. The van der Waals surface area contributed by atoms with E-state index in [0.717, 1.165) is 16.5 Å². The molecule has 2 N–H and O–H groups in total. The summed E-state index contributed by atoms with van der Waals surface area (Å²) >= 11 is 6.16. The highest BCUT2D eigenvalue weighted by atomic mass is 35.5. The van der Waals surface area contributed by atoms with Crippen molar-refractivity contribution in [3.63, 3.8) is 0 Å². The van der Waals surface area contributed by atoms with Gasteiger partial charge in [0, 0.05) is 23.5 Å². The van der Waals surface area contributed by atoms with Crippen molar-refractivity contribution < 1.29 is 4.39 Å². The molecule has 0 saturated heterocycles. The molecule has 0 fully saturated rings. The second kappa shape index (κ2) is 4.59. The molecule has 96 valence electrons. The van der Waals surface area contributed by atoms with Gasteiger partial charge in [-0.3, -0.25) is 0 Å². The Hall–Kier alpha value is -2.00. The number of hydrogen-bond acceptors (Lipinski definition) is 1. The molecule has 1 heterocycles. The predicted molar refractivity (Wildman–Crippen MR) is 76.9 cm³/mol. The zero-order valence-electron chi connectivity index (χ0n) is 10.1. The van der Waals surface area contributed by atoms with Gasteiger partial charge in [-0.15, -0.1) is 0 Å². The van der Waals surface area contributed by atoms with Gasteiger partial charge in [-0.05, 0) is 47.3 Å². The number of benzene rings is 2. The fourth-order valence-corrected chi connectivity index (χ4v) is 2.42. The van der Waals surface area contributed by atoms with Crippen LogP contribution in [0.25, 0.3) is 10.9 Å². The number of anilines is 1. The van der Waals surface area contributed by atoms with Crippen LogP contribution in [0.4, 0.5) is 10.1 Å². The van der Waals surface area contributed by atoms with Crippen LogP contribution in [0.2, 0.25) is 5.02 Å². The van der Waals surface area contributed by atoms with E-state index in [1.54, 1.807) is 12.1 Å². The van der Waals surface area contributed by atoms with E-state index in [-0.39, 0.29) is 5.82 Å². The monoisotopic (exact) mass is 274 g/mol. The molecule has 0 unspecified atom stereocenters. The van der Waals surface area contributed by atoms with Crippen molar-refractivity contribution in [2.45, 2.75) is 6.54 Å². The second-order valence-corrected chi connectivity index (χ2v) is 4.90. The zero-order chi connectivity index (χ0) is 13.4. The lowest BCUT2D eigenvalue weighted by Crippen LogP contribution is -1.99. The lowest BCUT2D eigenvalue weighted by molar-refractivity contribution is 0.628. The van der Waals surface area contributed by atoms with Gasteiger partial charge in [0.05, 0.1) is 5.52 Å². The van der Waals surface area contributed by atoms with Gasteiger partial charge in [0.25, 0.3) is 0 Å². The quantitative estimate of drug-likeness (QED) is 0.702. The van der Waals surface area contributed by atoms with E-state index in [1.165, 1.54) is 12.1 Å². The minimum atomic E-state index is -0.240. The molecule has 0 aliphatic heterocycles. The van der Waals surface area contributed by atoms with Crippen LogP contribution in [-0.4, -0.2) is 4.57 Å². The van der Waals surface area contributed by atoms with Crippen molar-refractivity contribution in [1.82, 2.24) is 4.57 Å². The van der Waals surface area contributed by atoms with Gasteiger partial charge in [0.1, 0.15) is 5.82 Å². The molecule has 0 amide bonds. The fraction of sp³-hybridized carbons (Fsp3) is 0.0667. The molecule has 0 bridgehead atoms. The van der Waals surface area contributed by atoms with Gasteiger partial charge in [0.2, 0.25) is 0 Å². The molecule has 0 atom stereocenters. The maximum atomic E-state index is 13.3. The third kappa shape index (κ3) is 2.29. The van der Waals surface area contributed by atoms with Crippen LogP contribution < -0.4 is 5.73 Å². The van der Waals surface area contributed by atoms with Gasteiger partial charge >= 0.3 is 0 Å². The maximum absolute atomic E-state index is 13.3. The summed E-state index contributed by atoms with van der Waals surface area (Å²) in [6.45, 7) is 0.589. The van der Waals surface area contributed by atoms with Gasteiger partial charge in [-0.2, -0.15) is 0 Å². The summed E-state index contributed by atoms with van der Waals surface area (Å²) in [6.07, 6.45) is 1.93. The molecule has 0 aliphatic carbocycles. The average Bonchev–Trinajstić information content (AvgIpc) is 2.75. The molecule has 0 spiro atoms. The second-order valence-electron chi connectivity index (χ2n) is 4.50. The smallest absolute Gasteiger partial charge is 0.125 e. The van der Waals surface area contributed by atoms with Crippen LogP contribution in [0.15, 0.2) is 48.7 Å². The van der Waals surface area contributed by atoms with Crippen molar-refractivity contribution >= 4 is 28.2 Å². The third-order valence-corrected chi connectivity index (χ3v) is 3.51. The Morgan fingerprint density at radius 1 is 1.11 bits per heavy atom. The van der Waals surface area contributed by atoms with Gasteiger partial charge in [0.15, 0.2) is 0 Å². The van der Waals surface area contributed by atoms with Crippen LogP contribution >= 0.6 is 11.6 Å². The number of nitrogen functional groups attached to an aromatic ring is 1. The molecule has 4 heteroatoms. The first-order valence-electron chi connectivity index (χ1n) is 5.92. The molecule has 2 aromatic carbocycles. The Morgan fingerprint density at radius 3 is 2.74 bits per heavy atom. The number of nitrogens with zero attached hydrogens (tertiary/aromatic N) is 1. The molecular formula is C15H12ClFN2. The maximum Gasteiger partial charge on any atom is 0.125 e. The Morgan fingerprint density at radius 2 is 1.95 bits per heavy atom. The van der Waals surface area contributed by atoms with E-state index in [4.69, 9.17) is 17.3 Å². The van der Waals surface area contributed by atoms with E-state index in [1.807, 2.05) is 29.0 Å². The molecule has 1 aromatic heterocycles. The van der Waals surface area contributed by atoms with Gasteiger partial charge in [-0.25, -0.2) is 4.39 Å². The molecule has 0 aliphatic rings. The van der Waals surface area contributed by atoms with Crippen LogP contribution in [0, 0.1) is 5.82 Å². The lowest BCUT2D eigenvalue weighted by atomic mass is 10.2. The van der Waals surface area contributed by atoms with Crippen LogP contribution in [0.1, 0.15) is 5.56 Å². The van der Waals surface area contributed by atoms with Crippen LogP contribution in [0.5, 0.6) is 0 Å². The van der Waals surface area contributed by atoms with Crippen molar-refractivity contribution in [2.75, 3.05) is 5.73 Å². The number of aromatic nitrogens is 1. The Bertz CT molecular complexity index is 749. The minimum Gasteiger partial charge on any atom is -0.399 e. The van der Waals surface area contributed by atoms with E-state index in [9.17, 15) is 4.39 Å². The molecular weight excluding hydrogens is 263 g/mol. The molecule has 19 heavy (non-hydrogen) atoms. The summed E-state index contributed by atoms with van der Waals surface area (Å²) in [4.78, 5) is 0. The van der Waals surface area contributed by atoms with E-state index in [2.05, 4.69) is 0 Å². The zero-order valence-corrected chi connectivity index (χ0v) is 10.9. The fourth-order valence-electron chi connectivity index (χ4n) is 2.17. The van der Waals surface area contributed by atoms with E-state index >= 15 is 0 Å². The van der Waals surface area contributed by atoms with Crippen molar-refractivity contribution in [2.24, 2.45) is 0 Å². The largest absolute Gasteiger partial charge is 0.399 e. The standard InChI is InChI=1S/C15H12ClFN2/c16-14-8-13(18)4-2-11(14)9-19-6-5-10-1-3-12(17)7-15(10)19/h1-8H,9,18H2. The summed E-state index contributed by atoms with van der Waals surface area (Å²) in [6, 6.07) is 12.1. The SMILES string of the molecule is Nc1ccc(Cn2ccc3ccc(F)cc32)c(Cl)c1. The Kier molecular flexibility index (Phi) is 2.91. The number of hydrogen-bond donors (Lipinski definition) is 1. The number of nitrogens with two attached hydrogens (primary N) is 1.